The zero-order chi connectivity index (χ0) is 14.3. The summed E-state index contributed by atoms with van der Waals surface area (Å²) in [6.07, 6.45) is 1.28. The Kier molecular flexibility index (Phi) is 4.56. The van der Waals surface area contributed by atoms with Gasteiger partial charge in [0, 0.05) is 43.0 Å². The molecule has 0 spiro atoms. The average molecular weight is 286 g/mol. The van der Waals surface area contributed by atoms with Crippen molar-refractivity contribution in [2.45, 2.75) is 51.7 Å². The summed E-state index contributed by atoms with van der Waals surface area (Å²) >= 11 is 2.09. The summed E-state index contributed by atoms with van der Waals surface area (Å²) in [7, 11) is 2.25. The summed E-state index contributed by atoms with van der Waals surface area (Å²) in [6, 6.07) is 1.24. The second kappa shape index (κ2) is 5.55. The van der Waals surface area contributed by atoms with E-state index in [1.54, 1.807) is 0 Å². The Labute approximate surface area is 123 Å². The van der Waals surface area contributed by atoms with Gasteiger partial charge in [0.25, 0.3) is 0 Å². The van der Waals surface area contributed by atoms with Gasteiger partial charge in [0.05, 0.1) is 0 Å². The maximum atomic E-state index is 6.30. The predicted octanol–water partition coefficient (Wildman–Crippen LogP) is 1.87. The van der Waals surface area contributed by atoms with Gasteiger partial charge in [-0.15, -0.1) is 0 Å². The van der Waals surface area contributed by atoms with Crippen molar-refractivity contribution in [3.63, 3.8) is 0 Å². The Morgan fingerprint density at radius 2 is 1.79 bits per heavy atom. The summed E-state index contributed by atoms with van der Waals surface area (Å²) in [4.78, 5) is 5.22. The molecule has 0 aromatic carbocycles. The molecule has 2 rings (SSSR count). The normalized spacial score (nSPS) is 41.4. The number of hydrogen-bond donors (Lipinski definition) is 1. The number of thioether (sulfide) groups is 1. The largest absolute Gasteiger partial charge is 0.329 e. The molecule has 2 heterocycles. The average Bonchev–Trinajstić information content (AvgIpc) is 2.35. The fourth-order valence-corrected chi connectivity index (χ4v) is 5.56. The minimum atomic E-state index is 0.180. The molecule has 0 aromatic rings. The minimum Gasteiger partial charge on any atom is -0.329 e. The molecular formula is C15H31N3S. The van der Waals surface area contributed by atoms with Gasteiger partial charge in [-0.25, -0.2) is 0 Å². The van der Waals surface area contributed by atoms with Crippen LogP contribution in [0.2, 0.25) is 0 Å². The van der Waals surface area contributed by atoms with Gasteiger partial charge in [0.1, 0.15) is 0 Å². The van der Waals surface area contributed by atoms with Crippen molar-refractivity contribution in [3.05, 3.63) is 0 Å². The lowest BCUT2D eigenvalue weighted by molar-refractivity contribution is -0.0564. The van der Waals surface area contributed by atoms with E-state index < -0.39 is 0 Å². The Bertz CT molecular complexity index is 309. The molecule has 3 unspecified atom stereocenters. The molecule has 3 nitrogen and oxygen atoms in total. The molecular weight excluding hydrogens is 254 g/mol. The molecule has 112 valence electrons. The lowest BCUT2D eigenvalue weighted by Crippen LogP contribution is -2.71. The van der Waals surface area contributed by atoms with Crippen molar-refractivity contribution in [2.24, 2.45) is 11.1 Å². The van der Waals surface area contributed by atoms with Gasteiger partial charge >= 0.3 is 0 Å². The third-order valence-electron chi connectivity index (χ3n) is 5.77. The summed E-state index contributed by atoms with van der Waals surface area (Å²) in [5.74, 6) is 2.48. The molecule has 0 aliphatic carbocycles. The zero-order valence-corrected chi connectivity index (χ0v) is 14.1. The number of nitrogens with two attached hydrogens (primary N) is 1. The molecule has 2 saturated heterocycles. The highest BCUT2D eigenvalue weighted by atomic mass is 32.2. The van der Waals surface area contributed by atoms with E-state index in [0.717, 1.165) is 19.6 Å². The fourth-order valence-electron chi connectivity index (χ4n) is 3.73. The molecule has 0 radical (unpaired) electrons. The van der Waals surface area contributed by atoms with E-state index in [1.807, 2.05) is 0 Å². The Hall–Kier alpha value is 0.230. The number of nitrogens with zero attached hydrogens (tertiary/aromatic N) is 2. The molecule has 2 N–H and O–H groups in total. The first-order chi connectivity index (χ1) is 8.84. The van der Waals surface area contributed by atoms with Gasteiger partial charge in [-0.05, 0) is 38.5 Å². The van der Waals surface area contributed by atoms with Gasteiger partial charge < -0.3 is 5.73 Å². The molecule has 2 fully saturated rings. The van der Waals surface area contributed by atoms with Gasteiger partial charge in [-0.3, -0.25) is 9.80 Å². The first kappa shape index (κ1) is 15.6. The SMILES string of the molecule is CC1CN(C2(CN)CSCCC2(C)C)CC(C)N1C. The van der Waals surface area contributed by atoms with Gasteiger partial charge in [-0.2, -0.15) is 11.8 Å². The summed E-state index contributed by atoms with van der Waals surface area (Å²) < 4.78 is 0. The van der Waals surface area contributed by atoms with Crippen LogP contribution >= 0.6 is 11.8 Å². The molecule has 0 bridgehead atoms. The predicted molar refractivity (Wildman–Crippen MR) is 85.8 cm³/mol. The Balaban J connectivity index is 2.26. The van der Waals surface area contributed by atoms with Gasteiger partial charge in [0.2, 0.25) is 0 Å². The van der Waals surface area contributed by atoms with Crippen LogP contribution < -0.4 is 5.73 Å². The molecule has 19 heavy (non-hydrogen) atoms. The van der Waals surface area contributed by atoms with Crippen LogP contribution in [0.1, 0.15) is 34.1 Å². The lowest BCUT2D eigenvalue weighted by Gasteiger charge is -2.59. The van der Waals surface area contributed by atoms with Crippen molar-refractivity contribution >= 4 is 11.8 Å². The van der Waals surface area contributed by atoms with Crippen LogP contribution in [-0.2, 0) is 0 Å². The topological polar surface area (TPSA) is 32.5 Å². The molecule has 0 aromatic heterocycles. The lowest BCUT2D eigenvalue weighted by atomic mass is 9.69. The smallest absolute Gasteiger partial charge is 0.0474 e. The van der Waals surface area contributed by atoms with Crippen molar-refractivity contribution in [3.8, 4) is 0 Å². The van der Waals surface area contributed by atoms with Crippen LogP contribution in [0.25, 0.3) is 0 Å². The molecule has 0 amide bonds. The fraction of sp³-hybridized carbons (Fsp3) is 1.00. The molecule has 0 saturated carbocycles. The monoisotopic (exact) mass is 285 g/mol. The van der Waals surface area contributed by atoms with Crippen LogP contribution in [0, 0.1) is 5.41 Å². The highest BCUT2D eigenvalue weighted by molar-refractivity contribution is 7.99. The minimum absolute atomic E-state index is 0.180. The van der Waals surface area contributed by atoms with E-state index in [4.69, 9.17) is 5.73 Å². The Morgan fingerprint density at radius 1 is 1.21 bits per heavy atom. The number of piperazine rings is 1. The highest BCUT2D eigenvalue weighted by Crippen LogP contribution is 2.46. The maximum absolute atomic E-state index is 6.30. The van der Waals surface area contributed by atoms with E-state index in [-0.39, 0.29) is 5.54 Å². The number of hydrogen-bond acceptors (Lipinski definition) is 4. The van der Waals surface area contributed by atoms with Crippen molar-refractivity contribution in [1.29, 1.82) is 0 Å². The first-order valence-corrected chi connectivity index (χ1v) is 8.74. The van der Waals surface area contributed by atoms with Crippen LogP contribution in [0.4, 0.5) is 0 Å². The third-order valence-corrected chi connectivity index (χ3v) is 6.95. The van der Waals surface area contributed by atoms with E-state index in [1.165, 1.54) is 17.9 Å². The Morgan fingerprint density at radius 3 is 2.26 bits per heavy atom. The summed E-state index contributed by atoms with van der Waals surface area (Å²) in [6.45, 7) is 12.6. The first-order valence-electron chi connectivity index (χ1n) is 7.59. The number of rotatable bonds is 2. The zero-order valence-electron chi connectivity index (χ0n) is 13.3. The summed E-state index contributed by atoms with van der Waals surface area (Å²) in [5, 5.41) is 0. The standard InChI is InChI=1S/C15H31N3S/c1-12-8-18(9-13(2)17(12)5)15(10-16)11-19-7-6-14(15,3)4/h12-13H,6-11,16H2,1-5H3. The van der Waals surface area contributed by atoms with E-state index in [0.29, 0.717) is 17.5 Å². The molecule has 3 atom stereocenters. The maximum Gasteiger partial charge on any atom is 0.0474 e. The van der Waals surface area contributed by atoms with Crippen LogP contribution in [0.5, 0.6) is 0 Å². The van der Waals surface area contributed by atoms with Crippen molar-refractivity contribution < 1.29 is 0 Å². The van der Waals surface area contributed by atoms with Crippen molar-refractivity contribution in [2.75, 3.05) is 38.2 Å². The molecule has 2 aliphatic rings. The quantitative estimate of drug-likeness (QED) is 0.839. The van der Waals surface area contributed by atoms with E-state index >= 15 is 0 Å². The van der Waals surface area contributed by atoms with Crippen LogP contribution in [0.15, 0.2) is 0 Å². The van der Waals surface area contributed by atoms with E-state index in [9.17, 15) is 0 Å². The third kappa shape index (κ3) is 2.57. The second-order valence-corrected chi connectivity index (χ2v) is 8.30. The van der Waals surface area contributed by atoms with Gasteiger partial charge in [-0.1, -0.05) is 13.8 Å². The van der Waals surface area contributed by atoms with Crippen molar-refractivity contribution in [1.82, 2.24) is 9.80 Å². The van der Waals surface area contributed by atoms with Crippen LogP contribution in [-0.4, -0.2) is 65.6 Å². The molecule has 4 heteroatoms. The molecule has 2 aliphatic heterocycles. The number of likely N-dealkylation sites (N-methyl/N-ethyl adjacent to an activating group) is 1. The highest BCUT2D eigenvalue weighted by Gasteiger charge is 2.51. The van der Waals surface area contributed by atoms with Crippen LogP contribution in [0.3, 0.4) is 0 Å². The summed E-state index contributed by atoms with van der Waals surface area (Å²) in [5.41, 5.74) is 6.80. The van der Waals surface area contributed by atoms with E-state index in [2.05, 4.69) is 56.3 Å². The second-order valence-electron chi connectivity index (χ2n) is 7.19. The van der Waals surface area contributed by atoms with Gasteiger partial charge in [0.15, 0.2) is 0 Å².